The van der Waals surface area contributed by atoms with Crippen LogP contribution in [-0.2, 0) is 6.54 Å². The molecule has 1 unspecified atom stereocenters. The quantitative estimate of drug-likeness (QED) is 0.310. The van der Waals surface area contributed by atoms with Crippen molar-refractivity contribution in [2.45, 2.75) is 17.5 Å². The number of rotatable bonds is 4. The molecule has 3 aromatic carbocycles. The maximum Gasteiger partial charge on any atom is 0.291 e. The monoisotopic (exact) mass is 535 g/mol. The third-order valence-electron chi connectivity index (χ3n) is 6.15. The van der Waals surface area contributed by atoms with Gasteiger partial charge in [0.25, 0.3) is 5.91 Å². The van der Waals surface area contributed by atoms with Gasteiger partial charge in [0, 0.05) is 15.9 Å². The molecule has 8 heteroatoms. The van der Waals surface area contributed by atoms with Gasteiger partial charge in [0.1, 0.15) is 5.58 Å². The second kappa shape index (κ2) is 8.21. The lowest BCUT2D eigenvalue weighted by Gasteiger charge is -2.25. The molecule has 6 nitrogen and oxygen atoms in total. The number of nitrogens with zero attached hydrogens (tertiary/aromatic N) is 1. The number of thioether (sulfide) groups is 1. The Morgan fingerprint density at radius 3 is 2.59 bits per heavy atom. The molecule has 2 aliphatic heterocycles. The average Bonchev–Trinajstić information content (AvgIpc) is 3.43. The molecule has 0 spiro atoms. The molecular weight excluding hydrogens is 518 g/mol. The van der Waals surface area contributed by atoms with Crippen molar-refractivity contribution in [3.63, 3.8) is 0 Å². The molecule has 0 fully saturated rings. The van der Waals surface area contributed by atoms with E-state index >= 15 is 0 Å². The fourth-order valence-corrected chi connectivity index (χ4v) is 5.29. The van der Waals surface area contributed by atoms with E-state index in [9.17, 15) is 9.59 Å². The summed E-state index contributed by atoms with van der Waals surface area (Å²) in [6.45, 7) is 0.464. The van der Waals surface area contributed by atoms with E-state index in [0.717, 1.165) is 20.5 Å². The summed E-state index contributed by atoms with van der Waals surface area (Å²) in [4.78, 5) is 30.1. The van der Waals surface area contributed by atoms with Crippen molar-refractivity contribution in [1.29, 1.82) is 0 Å². The third kappa shape index (κ3) is 3.40. The zero-order valence-corrected chi connectivity index (χ0v) is 20.4. The van der Waals surface area contributed by atoms with Crippen molar-refractivity contribution >= 4 is 44.6 Å². The predicted molar refractivity (Wildman–Crippen MR) is 133 cm³/mol. The van der Waals surface area contributed by atoms with Gasteiger partial charge in [-0.2, -0.15) is 0 Å². The molecule has 1 amide bonds. The van der Waals surface area contributed by atoms with E-state index < -0.39 is 6.04 Å². The summed E-state index contributed by atoms with van der Waals surface area (Å²) in [5, 5.41) is 0.441. The molecule has 0 saturated heterocycles. The largest absolute Gasteiger partial charge is 0.454 e. The fraction of sp³-hybridized carbons (Fsp3) is 0.154. The maximum atomic E-state index is 13.7. The van der Waals surface area contributed by atoms with E-state index in [-0.39, 0.29) is 30.4 Å². The van der Waals surface area contributed by atoms with Gasteiger partial charge >= 0.3 is 0 Å². The molecule has 0 N–H and O–H groups in total. The van der Waals surface area contributed by atoms with Crippen molar-refractivity contribution in [1.82, 2.24) is 4.90 Å². The fourth-order valence-electron chi connectivity index (χ4n) is 4.52. The number of carbonyl (C=O) groups excluding carboxylic acids is 1. The SMILES string of the molecule is CSc1ccc(C2c3c(oc4ccc(Br)cc4c3=O)C(=O)N2Cc2ccc3c(c2)OCO3)cc1. The summed E-state index contributed by atoms with van der Waals surface area (Å²) in [5.41, 5.74) is 2.29. The normalized spacial score (nSPS) is 16.4. The smallest absolute Gasteiger partial charge is 0.291 e. The molecule has 1 atom stereocenters. The molecule has 2 aliphatic rings. The zero-order chi connectivity index (χ0) is 23.4. The molecule has 0 radical (unpaired) electrons. The Bertz CT molecular complexity index is 1510. The van der Waals surface area contributed by atoms with Crippen molar-refractivity contribution in [2.24, 2.45) is 0 Å². The van der Waals surface area contributed by atoms with Crippen LogP contribution < -0.4 is 14.9 Å². The van der Waals surface area contributed by atoms with Crippen molar-refractivity contribution in [3.8, 4) is 11.5 Å². The van der Waals surface area contributed by atoms with Crippen molar-refractivity contribution < 1.29 is 18.7 Å². The molecular formula is C26H18BrNO5S. The Labute approximate surface area is 207 Å². The number of halogens is 1. The number of benzene rings is 3. The van der Waals surface area contributed by atoms with Crippen molar-refractivity contribution in [2.75, 3.05) is 13.0 Å². The summed E-state index contributed by atoms with van der Waals surface area (Å²) in [6.07, 6.45) is 2.01. The first-order valence-corrected chi connectivity index (χ1v) is 12.6. The summed E-state index contributed by atoms with van der Waals surface area (Å²) < 4.78 is 17.7. The highest BCUT2D eigenvalue weighted by Crippen LogP contribution is 2.41. The van der Waals surface area contributed by atoms with E-state index in [1.165, 1.54) is 0 Å². The van der Waals surface area contributed by atoms with Gasteiger partial charge in [-0.05, 0) is 59.8 Å². The molecule has 0 saturated carbocycles. The number of hydrogen-bond donors (Lipinski definition) is 0. The Kier molecular flexibility index (Phi) is 5.15. The molecule has 0 bridgehead atoms. The van der Waals surface area contributed by atoms with E-state index in [2.05, 4.69) is 15.9 Å². The number of fused-ring (bicyclic) bond motifs is 3. The average molecular weight is 536 g/mol. The molecule has 1 aromatic heterocycles. The predicted octanol–water partition coefficient (Wildman–Crippen LogP) is 5.75. The molecule has 34 heavy (non-hydrogen) atoms. The van der Waals surface area contributed by atoms with Crippen LogP contribution in [0.3, 0.4) is 0 Å². The summed E-state index contributed by atoms with van der Waals surface area (Å²) in [5.74, 6) is 1.11. The van der Waals surface area contributed by atoms with E-state index in [1.54, 1.807) is 34.9 Å². The zero-order valence-electron chi connectivity index (χ0n) is 18.0. The number of amides is 1. The van der Waals surface area contributed by atoms with Gasteiger partial charge in [0.2, 0.25) is 12.6 Å². The topological polar surface area (TPSA) is 69.0 Å². The van der Waals surface area contributed by atoms with Crippen LogP contribution in [0.2, 0.25) is 0 Å². The number of carbonyl (C=O) groups is 1. The Morgan fingerprint density at radius 1 is 1.00 bits per heavy atom. The van der Waals surface area contributed by atoms with Crippen LogP contribution in [-0.4, -0.2) is 23.9 Å². The summed E-state index contributed by atoms with van der Waals surface area (Å²) in [7, 11) is 0. The molecule has 170 valence electrons. The van der Waals surface area contributed by atoms with Crippen LogP contribution in [0.15, 0.2) is 79.2 Å². The third-order valence-corrected chi connectivity index (χ3v) is 7.39. The van der Waals surface area contributed by atoms with Gasteiger partial charge in [-0.1, -0.05) is 34.1 Å². The van der Waals surface area contributed by atoms with Crippen LogP contribution in [0.1, 0.15) is 33.3 Å². The molecule has 4 aromatic rings. The first-order valence-electron chi connectivity index (χ1n) is 10.6. The van der Waals surface area contributed by atoms with Crippen LogP contribution >= 0.6 is 27.7 Å². The first-order chi connectivity index (χ1) is 16.5. The number of ether oxygens (including phenoxy) is 2. The van der Waals surface area contributed by atoms with E-state index in [4.69, 9.17) is 13.9 Å². The summed E-state index contributed by atoms with van der Waals surface area (Å²) in [6, 6.07) is 18.2. The van der Waals surface area contributed by atoms with Gasteiger partial charge in [-0.25, -0.2) is 0 Å². The van der Waals surface area contributed by atoms with Gasteiger partial charge in [0.05, 0.1) is 17.0 Å². The lowest BCUT2D eigenvalue weighted by atomic mass is 9.98. The highest BCUT2D eigenvalue weighted by atomic mass is 79.9. The Balaban J connectivity index is 1.51. The minimum atomic E-state index is -0.566. The highest BCUT2D eigenvalue weighted by Gasteiger charge is 2.42. The van der Waals surface area contributed by atoms with Crippen LogP contribution in [0, 0.1) is 0 Å². The maximum absolute atomic E-state index is 13.7. The lowest BCUT2D eigenvalue weighted by molar-refractivity contribution is 0.0714. The second-order valence-corrected chi connectivity index (χ2v) is 9.91. The van der Waals surface area contributed by atoms with Gasteiger partial charge in [-0.15, -0.1) is 11.8 Å². The minimum absolute atomic E-state index is 0.0968. The van der Waals surface area contributed by atoms with Crippen LogP contribution in [0.25, 0.3) is 11.0 Å². The minimum Gasteiger partial charge on any atom is -0.454 e. The van der Waals surface area contributed by atoms with E-state index in [1.807, 2.05) is 48.7 Å². The Morgan fingerprint density at radius 2 is 1.79 bits per heavy atom. The second-order valence-electron chi connectivity index (χ2n) is 8.11. The first kappa shape index (κ1) is 21.3. The number of hydrogen-bond acceptors (Lipinski definition) is 6. The Hall–Kier alpha value is -3.23. The standard InChI is InChI=1S/C26H18BrNO5S/c1-34-17-6-3-15(4-7-17)23-22-24(29)18-11-16(27)5-9-19(18)33-25(22)26(30)28(23)12-14-2-8-20-21(10-14)32-13-31-20/h2-11,23H,12-13H2,1H3. The van der Waals surface area contributed by atoms with Gasteiger partial charge in [0.15, 0.2) is 16.9 Å². The van der Waals surface area contributed by atoms with E-state index in [0.29, 0.717) is 28.0 Å². The molecule has 6 rings (SSSR count). The molecule has 0 aliphatic carbocycles. The van der Waals surface area contributed by atoms with Gasteiger partial charge in [-0.3, -0.25) is 9.59 Å². The highest BCUT2D eigenvalue weighted by molar-refractivity contribution is 9.10. The van der Waals surface area contributed by atoms with Crippen LogP contribution in [0.4, 0.5) is 0 Å². The molecule has 3 heterocycles. The van der Waals surface area contributed by atoms with Gasteiger partial charge < -0.3 is 18.8 Å². The van der Waals surface area contributed by atoms with Crippen molar-refractivity contribution in [3.05, 3.63) is 97.8 Å². The lowest BCUT2D eigenvalue weighted by Crippen LogP contribution is -2.29. The summed E-state index contributed by atoms with van der Waals surface area (Å²) >= 11 is 5.07. The van der Waals surface area contributed by atoms with Crippen LogP contribution in [0.5, 0.6) is 11.5 Å².